The van der Waals surface area contributed by atoms with Crippen molar-refractivity contribution in [3.63, 3.8) is 0 Å². The molecule has 1 amide bonds. The van der Waals surface area contributed by atoms with Crippen molar-refractivity contribution < 1.29 is 14.1 Å². The summed E-state index contributed by atoms with van der Waals surface area (Å²) < 4.78 is 10.7. The van der Waals surface area contributed by atoms with Gasteiger partial charge >= 0.3 is 0 Å². The maximum atomic E-state index is 13.2. The van der Waals surface area contributed by atoms with E-state index in [0.29, 0.717) is 24.7 Å². The van der Waals surface area contributed by atoms with Crippen LogP contribution in [0, 0.1) is 6.92 Å². The highest BCUT2D eigenvalue weighted by Gasteiger charge is 2.34. The number of hydrogen-bond donors (Lipinski definition) is 0. The smallest absolute Gasteiger partial charge is 0.227 e. The number of rotatable bonds is 6. The number of aryl methyl sites for hydroxylation is 1. The molecule has 162 valence electrons. The predicted molar refractivity (Wildman–Crippen MR) is 117 cm³/mol. The van der Waals surface area contributed by atoms with Crippen molar-refractivity contribution in [2.24, 2.45) is 0 Å². The van der Waals surface area contributed by atoms with Crippen LogP contribution in [0.2, 0.25) is 0 Å². The zero-order valence-electron chi connectivity index (χ0n) is 18.3. The molecule has 0 N–H and O–H groups in total. The number of methoxy groups -OCH3 is 1. The van der Waals surface area contributed by atoms with Crippen LogP contribution < -0.4 is 9.64 Å². The molecular weight excluding hydrogens is 394 g/mol. The third-order valence-electron chi connectivity index (χ3n) is 5.50. The van der Waals surface area contributed by atoms with Crippen LogP contribution >= 0.6 is 0 Å². The van der Waals surface area contributed by atoms with Crippen molar-refractivity contribution >= 4 is 11.9 Å². The summed E-state index contributed by atoms with van der Waals surface area (Å²) in [7, 11) is 5.43. The molecule has 1 aliphatic heterocycles. The Bertz CT molecular complexity index is 1060. The van der Waals surface area contributed by atoms with Crippen molar-refractivity contribution in [3.8, 4) is 17.1 Å². The molecule has 3 heterocycles. The number of aromatic nitrogens is 3. The normalized spacial score (nSPS) is 15.9. The Morgan fingerprint density at radius 2 is 2.06 bits per heavy atom. The van der Waals surface area contributed by atoms with Crippen LogP contribution in [0.15, 0.2) is 41.1 Å². The third kappa shape index (κ3) is 4.38. The Hall–Kier alpha value is -3.42. The molecule has 1 atom stereocenters. The topological polar surface area (TPSA) is 84.6 Å². The van der Waals surface area contributed by atoms with E-state index >= 15 is 0 Å². The molecule has 0 spiro atoms. The number of ether oxygens (including phenoxy) is 1. The maximum Gasteiger partial charge on any atom is 0.227 e. The number of carbonyl (C=O) groups is 1. The summed E-state index contributed by atoms with van der Waals surface area (Å²) in [6, 6.07) is 9.35. The Labute approximate surface area is 181 Å². The molecule has 0 saturated carbocycles. The molecule has 8 nitrogen and oxygen atoms in total. The van der Waals surface area contributed by atoms with Gasteiger partial charge in [0.15, 0.2) is 5.76 Å². The summed E-state index contributed by atoms with van der Waals surface area (Å²) in [5.41, 5.74) is 3.33. The van der Waals surface area contributed by atoms with Crippen LogP contribution in [0.3, 0.4) is 0 Å². The van der Waals surface area contributed by atoms with Crippen LogP contribution in [0.25, 0.3) is 11.3 Å². The van der Waals surface area contributed by atoms with Crippen molar-refractivity contribution in [1.29, 1.82) is 0 Å². The SMILES string of the molecule is COc1ccc(CC(=O)N2CCCC2c2nc(N(C)C)ncc2-c2cc(C)no2)cc1. The Balaban J connectivity index is 1.65. The highest BCUT2D eigenvalue weighted by molar-refractivity contribution is 5.80. The van der Waals surface area contributed by atoms with Crippen LogP contribution in [0.4, 0.5) is 5.95 Å². The molecule has 0 bridgehead atoms. The van der Waals surface area contributed by atoms with E-state index in [0.717, 1.165) is 41.1 Å². The second-order valence-electron chi connectivity index (χ2n) is 7.97. The molecule has 0 aliphatic carbocycles. The number of anilines is 1. The molecular formula is C23H27N5O3. The number of carbonyl (C=O) groups excluding carboxylic acids is 1. The van der Waals surface area contributed by atoms with Gasteiger partial charge in [-0.1, -0.05) is 17.3 Å². The van der Waals surface area contributed by atoms with Gasteiger partial charge < -0.3 is 19.1 Å². The zero-order chi connectivity index (χ0) is 22.0. The van der Waals surface area contributed by atoms with Crippen molar-refractivity contribution in [3.05, 3.63) is 53.5 Å². The van der Waals surface area contributed by atoms with E-state index in [1.807, 2.05) is 61.2 Å². The fraction of sp³-hybridized carbons (Fsp3) is 0.391. The second-order valence-corrected chi connectivity index (χ2v) is 7.97. The van der Waals surface area contributed by atoms with Crippen molar-refractivity contribution in [1.82, 2.24) is 20.0 Å². The first-order valence-electron chi connectivity index (χ1n) is 10.4. The number of benzene rings is 1. The molecule has 1 saturated heterocycles. The lowest BCUT2D eigenvalue weighted by atomic mass is 10.0. The summed E-state index contributed by atoms with van der Waals surface area (Å²) in [4.78, 5) is 26.3. The average Bonchev–Trinajstić information content (AvgIpc) is 3.43. The number of hydrogen-bond acceptors (Lipinski definition) is 7. The average molecular weight is 422 g/mol. The number of nitrogens with zero attached hydrogens (tertiary/aromatic N) is 5. The van der Waals surface area contributed by atoms with E-state index in [9.17, 15) is 4.79 Å². The Morgan fingerprint density at radius 3 is 2.71 bits per heavy atom. The Morgan fingerprint density at radius 1 is 1.29 bits per heavy atom. The van der Waals surface area contributed by atoms with Gasteiger partial charge in [-0.15, -0.1) is 0 Å². The van der Waals surface area contributed by atoms with Gasteiger partial charge in [0.2, 0.25) is 11.9 Å². The summed E-state index contributed by atoms with van der Waals surface area (Å²) >= 11 is 0. The van der Waals surface area contributed by atoms with E-state index in [1.165, 1.54) is 0 Å². The standard InChI is InChI=1S/C23H27N5O3/c1-15-12-20(31-26-15)18-14-24-23(27(2)3)25-22(18)19-6-5-11-28(19)21(29)13-16-7-9-17(30-4)10-8-16/h7-10,12,14,19H,5-6,11,13H2,1-4H3. The molecule has 4 rings (SSSR count). The van der Waals surface area contributed by atoms with Crippen LogP contribution in [0.5, 0.6) is 5.75 Å². The number of likely N-dealkylation sites (tertiary alicyclic amines) is 1. The van der Waals surface area contributed by atoms with Gasteiger partial charge in [0.25, 0.3) is 0 Å². The van der Waals surface area contributed by atoms with Gasteiger partial charge in [-0.2, -0.15) is 0 Å². The van der Waals surface area contributed by atoms with Gasteiger partial charge in [0.1, 0.15) is 5.75 Å². The molecule has 1 aromatic carbocycles. The first-order chi connectivity index (χ1) is 15.0. The van der Waals surface area contributed by atoms with Crippen molar-refractivity contribution in [2.45, 2.75) is 32.2 Å². The van der Waals surface area contributed by atoms with E-state index in [2.05, 4.69) is 10.1 Å². The van der Waals surface area contributed by atoms with Gasteiger partial charge in [-0.25, -0.2) is 9.97 Å². The largest absolute Gasteiger partial charge is 0.497 e. The van der Waals surface area contributed by atoms with E-state index in [1.54, 1.807) is 13.3 Å². The molecule has 2 aromatic heterocycles. The quantitative estimate of drug-likeness (QED) is 0.603. The lowest BCUT2D eigenvalue weighted by Crippen LogP contribution is -2.32. The molecule has 3 aromatic rings. The lowest BCUT2D eigenvalue weighted by molar-refractivity contribution is -0.131. The van der Waals surface area contributed by atoms with E-state index in [4.69, 9.17) is 14.2 Å². The lowest BCUT2D eigenvalue weighted by Gasteiger charge is -2.26. The summed E-state index contributed by atoms with van der Waals surface area (Å²) in [6.45, 7) is 2.58. The number of amides is 1. The van der Waals surface area contributed by atoms with E-state index < -0.39 is 0 Å². The van der Waals surface area contributed by atoms with Gasteiger partial charge in [-0.05, 0) is 37.5 Å². The minimum Gasteiger partial charge on any atom is -0.497 e. The minimum absolute atomic E-state index is 0.0809. The van der Waals surface area contributed by atoms with Gasteiger partial charge in [-0.3, -0.25) is 4.79 Å². The molecule has 1 fully saturated rings. The molecule has 0 radical (unpaired) electrons. The monoisotopic (exact) mass is 421 g/mol. The molecule has 1 aliphatic rings. The third-order valence-corrected chi connectivity index (χ3v) is 5.50. The molecule has 31 heavy (non-hydrogen) atoms. The minimum atomic E-state index is -0.132. The maximum absolute atomic E-state index is 13.2. The predicted octanol–water partition coefficient (Wildman–Crippen LogP) is 3.42. The van der Waals surface area contributed by atoms with Crippen LogP contribution in [0.1, 0.15) is 35.8 Å². The van der Waals surface area contributed by atoms with E-state index in [-0.39, 0.29) is 11.9 Å². The van der Waals surface area contributed by atoms with Gasteiger partial charge in [0, 0.05) is 32.9 Å². The fourth-order valence-electron chi connectivity index (χ4n) is 3.90. The van der Waals surface area contributed by atoms with Crippen LogP contribution in [-0.2, 0) is 11.2 Å². The van der Waals surface area contributed by atoms with Crippen molar-refractivity contribution in [2.75, 3.05) is 32.6 Å². The first kappa shape index (κ1) is 20.8. The zero-order valence-corrected chi connectivity index (χ0v) is 18.3. The summed E-state index contributed by atoms with van der Waals surface area (Å²) in [5.74, 6) is 2.08. The van der Waals surface area contributed by atoms with Crippen LogP contribution in [-0.4, -0.2) is 53.7 Å². The molecule has 1 unspecified atom stereocenters. The Kier molecular flexibility index (Phi) is 5.88. The fourth-order valence-corrected chi connectivity index (χ4v) is 3.90. The molecule has 8 heteroatoms. The summed E-state index contributed by atoms with van der Waals surface area (Å²) in [6.07, 6.45) is 3.87. The second kappa shape index (κ2) is 8.75. The highest BCUT2D eigenvalue weighted by Crippen LogP contribution is 2.37. The summed E-state index contributed by atoms with van der Waals surface area (Å²) in [5, 5.41) is 4.01. The van der Waals surface area contributed by atoms with Gasteiger partial charge in [0.05, 0.1) is 36.5 Å². The highest BCUT2D eigenvalue weighted by atomic mass is 16.5. The first-order valence-corrected chi connectivity index (χ1v) is 10.4.